The Morgan fingerprint density at radius 2 is 1.87 bits per heavy atom. The van der Waals surface area contributed by atoms with Crippen LogP contribution in [0.5, 0.6) is 0 Å². The molecule has 1 aromatic carbocycles. The Labute approximate surface area is 226 Å². The number of aryl methyl sites for hydroxylation is 2. The van der Waals surface area contributed by atoms with Crippen molar-refractivity contribution >= 4 is 17.4 Å². The predicted octanol–water partition coefficient (Wildman–Crippen LogP) is 6.71. The zero-order valence-electron chi connectivity index (χ0n) is 21.9. The van der Waals surface area contributed by atoms with E-state index in [2.05, 4.69) is 20.4 Å². The molecular formula is C28H33F4N5O2. The molecule has 2 aliphatic carbocycles. The molecule has 0 radical (unpaired) electrons. The summed E-state index contributed by atoms with van der Waals surface area (Å²) < 4.78 is 62.4. The number of halogens is 4. The van der Waals surface area contributed by atoms with Crippen LogP contribution in [0.15, 0.2) is 48.6 Å². The molecule has 7 nitrogen and oxygen atoms in total. The maximum atomic E-state index is 14.9. The van der Waals surface area contributed by atoms with Crippen LogP contribution in [0, 0.1) is 23.6 Å². The number of rotatable bonds is 10. The summed E-state index contributed by atoms with van der Waals surface area (Å²) in [7, 11) is 3.05. The first-order chi connectivity index (χ1) is 18.4. The number of alkyl halides is 3. The third-order valence-corrected chi connectivity index (χ3v) is 7.55. The van der Waals surface area contributed by atoms with Crippen molar-refractivity contribution in [1.29, 1.82) is 0 Å². The number of hydrogen-bond donors (Lipinski definition) is 1. The molecule has 0 spiro atoms. The number of Topliss-reactive ketones (excluding diaryl/α,β-unsaturated/α-hetero) is 1. The van der Waals surface area contributed by atoms with E-state index in [9.17, 15) is 22.4 Å². The summed E-state index contributed by atoms with van der Waals surface area (Å²) in [5.41, 5.74) is 0.386. The Kier molecular flexibility index (Phi) is 6.72. The normalized spacial score (nSPS) is 17.6. The first-order valence-electron chi connectivity index (χ1n) is 12.7. The average molecular weight is 548 g/mol. The molecule has 2 heterocycles. The SMILES string of the molecule is CO/C(=C\C1(CC(=O)Cc2ccc(-c3cnc(Nc4cn(C)nc4C)nc3)cc2F)CC1)C1(C(F)(F)F)CC1.[HH].[HH]. The molecule has 2 saturated carbocycles. The Morgan fingerprint density at radius 3 is 2.38 bits per heavy atom. The van der Waals surface area contributed by atoms with E-state index in [1.54, 1.807) is 29.2 Å². The zero-order valence-corrected chi connectivity index (χ0v) is 21.9. The van der Waals surface area contributed by atoms with Crippen LogP contribution in [-0.2, 0) is 23.0 Å². The van der Waals surface area contributed by atoms with Crippen molar-refractivity contribution in [3.63, 3.8) is 0 Å². The fraction of sp³-hybridized carbons (Fsp3) is 0.429. The molecule has 0 amide bonds. The first kappa shape index (κ1) is 26.8. The number of carbonyl (C=O) groups excluding carboxylic acids is 1. The van der Waals surface area contributed by atoms with E-state index >= 15 is 0 Å². The van der Waals surface area contributed by atoms with Gasteiger partial charge in [0.05, 0.1) is 18.5 Å². The van der Waals surface area contributed by atoms with Crippen LogP contribution in [0.25, 0.3) is 11.1 Å². The van der Waals surface area contributed by atoms with Crippen molar-refractivity contribution < 1.29 is 29.9 Å². The number of benzene rings is 1. The van der Waals surface area contributed by atoms with Gasteiger partial charge in [-0.25, -0.2) is 14.4 Å². The number of carbonyl (C=O) groups is 1. The fourth-order valence-electron chi connectivity index (χ4n) is 4.92. The molecule has 0 unspecified atom stereocenters. The zero-order chi connectivity index (χ0) is 28.0. The topological polar surface area (TPSA) is 81.9 Å². The average Bonchev–Trinajstić information content (AvgIpc) is 3.79. The van der Waals surface area contributed by atoms with Crippen molar-refractivity contribution in [2.24, 2.45) is 17.9 Å². The van der Waals surface area contributed by atoms with Gasteiger partial charge in [0.2, 0.25) is 5.95 Å². The van der Waals surface area contributed by atoms with Gasteiger partial charge in [-0.15, -0.1) is 0 Å². The van der Waals surface area contributed by atoms with Gasteiger partial charge in [-0.05, 0) is 61.3 Å². The lowest BCUT2D eigenvalue weighted by Gasteiger charge is -2.23. The Morgan fingerprint density at radius 1 is 1.18 bits per heavy atom. The van der Waals surface area contributed by atoms with E-state index in [4.69, 9.17) is 4.74 Å². The van der Waals surface area contributed by atoms with E-state index in [1.165, 1.54) is 19.3 Å². The lowest BCUT2D eigenvalue weighted by atomic mass is 9.91. The standard InChI is InChI=1S/C28H29F4N5O2.2H2/c1-17-23(16-37(2)36-17)35-25-33-14-20(15-34-25)18-4-5-19(22(29)11-18)10-21(38)12-26(6-7-26)13-24(39-3)27(8-9-27)28(30,31)32;;/h4-5,11,13-16H,6-10,12H2,1-3H3,(H,33,34,35);2*1H/b24-13-;;. The van der Waals surface area contributed by atoms with Crippen molar-refractivity contribution in [2.45, 2.75) is 51.6 Å². The van der Waals surface area contributed by atoms with E-state index in [0.29, 0.717) is 29.9 Å². The van der Waals surface area contributed by atoms with Gasteiger partial charge in [-0.3, -0.25) is 9.48 Å². The summed E-state index contributed by atoms with van der Waals surface area (Å²) in [4.78, 5) is 21.4. The molecule has 0 bridgehead atoms. The summed E-state index contributed by atoms with van der Waals surface area (Å²) in [6, 6.07) is 4.57. The minimum absolute atomic E-state index is 0. The molecular weight excluding hydrogens is 514 g/mol. The van der Waals surface area contributed by atoms with Crippen molar-refractivity contribution in [1.82, 2.24) is 19.7 Å². The van der Waals surface area contributed by atoms with Crippen LogP contribution in [0.3, 0.4) is 0 Å². The number of ketones is 1. The van der Waals surface area contributed by atoms with Crippen LogP contribution >= 0.6 is 0 Å². The molecule has 2 fully saturated rings. The maximum Gasteiger partial charge on any atom is 0.401 e. The van der Waals surface area contributed by atoms with Crippen molar-refractivity contribution in [3.8, 4) is 11.1 Å². The second kappa shape index (κ2) is 9.77. The van der Waals surface area contributed by atoms with Gasteiger partial charge in [-0.2, -0.15) is 18.3 Å². The van der Waals surface area contributed by atoms with Gasteiger partial charge in [0.15, 0.2) is 0 Å². The number of methoxy groups -OCH3 is 1. The maximum absolute atomic E-state index is 14.9. The highest BCUT2D eigenvalue weighted by Crippen LogP contribution is 2.64. The highest BCUT2D eigenvalue weighted by atomic mass is 19.4. The quantitative estimate of drug-likeness (QED) is 0.224. The third-order valence-electron chi connectivity index (χ3n) is 7.55. The monoisotopic (exact) mass is 547 g/mol. The number of ether oxygens (including phenoxy) is 1. The number of anilines is 2. The molecule has 2 aromatic heterocycles. The number of nitrogens with one attached hydrogen (secondary N) is 1. The predicted molar refractivity (Wildman–Crippen MR) is 141 cm³/mol. The molecule has 11 heteroatoms. The molecule has 210 valence electrons. The Bertz CT molecular complexity index is 1430. The van der Waals surface area contributed by atoms with Gasteiger partial charge in [0.1, 0.15) is 22.8 Å². The van der Waals surface area contributed by atoms with E-state index in [-0.39, 0.29) is 45.6 Å². The molecule has 5 rings (SSSR count). The molecule has 1 N–H and O–H groups in total. The number of hydrogen-bond acceptors (Lipinski definition) is 6. The fourth-order valence-corrected chi connectivity index (χ4v) is 4.92. The number of allylic oxidation sites excluding steroid dienone is 2. The van der Waals surface area contributed by atoms with Crippen molar-refractivity contribution in [3.05, 3.63) is 65.7 Å². The van der Waals surface area contributed by atoms with Gasteiger partial charge < -0.3 is 10.1 Å². The van der Waals surface area contributed by atoms with Crippen LogP contribution in [0.2, 0.25) is 0 Å². The second-order valence-corrected chi connectivity index (χ2v) is 10.6. The number of nitrogens with zero attached hydrogens (tertiary/aromatic N) is 4. The minimum atomic E-state index is -4.39. The molecule has 3 aromatic rings. The Balaban J connectivity index is 0.00000231. The van der Waals surface area contributed by atoms with E-state index < -0.39 is 22.8 Å². The molecule has 2 aliphatic rings. The summed E-state index contributed by atoms with van der Waals surface area (Å²) in [5, 5.41) is 7.34. The summed E-state index contributed by atoms with van der Waals surface area (Å²) in [5.74, 6) is -0.497. The summed E-state index contributed by atoms with van der Waals surface area (Å²) in [6.45, 7) is 1.86. The summed E-state index contributed by atoms with van der Waals surface area (Å²) >= 11 is 0. The van der Waals surface area contributed by atoms with Crippen molar-refractivity contribution in [2.75, 3.05) is 12.4 Å². The van der Waals surface area contributed by atoms with Gasteiger partial charge in [0.25, 0.3) is 0 Å². The lowest BCUT2D eigenvalue weighted by molar-refractivity contribution is -0.184. The van der Waals surface area contributed by atoms with Crippen LogP contribution in [0.1, 0.15) is 46.2 Å². The largest absolute Gasteiger partial charge is 0.500 e. The Hall–Kier alpha value is -3.76. The van der Waals surface area contributed by atoms with Gasteiger partial charge >= 0.3 is 6.18 Å². The van der Waals surface area contributed by atoms with Crippen LogP contribution < -0.4 is 5.32 Å². The van der Waals surface area contributed by atoms with E-state index in [0.717, 1.165) is 11.4 Å². The minimum Gasteiger partial charge on any atom is -0.500 e. The highest BCUT2D eigenvalue weighted by molar-refractivity contribution is 5.82. The lowest BCUT2D eigenvalue weighted by Crippen LogP contribution is -2.28. The smallest absolute Gasteiger partial charge is 0.401 e. The third kappa shape index (κ3) is 5.53. The second-order valence-electron chi connectivity index (χ2n) is 10.6. The molecule has 0 atom stereocenters. The first-order valence-corrected chi connectivity index (χ1v) is 12.7. The van der Waals surface area contributed by atoms with Crippen LogP contribution in [-0.4, -0.2) is 38.8 Å². The molecule has 0 saturated heterocycles. The number of aromatic nitrogens is 4. The van der Waals surface area contributed by atoms with Gasteiger partial charge in [0, 0.05) is 46.9 Å². The van der Waals surface area contributed by atoms with E-state index in [1.807, 2.05) is 20.2 Å². The van der Waals surface area contributed by atoms with Crippen LogP contribution in [0.4, 0.5) is 29.2 Å². The molecule has 39 heavy (non-hydrogen) atoms. The molecule has 0 aliphatic heterocycles. The summed E-state index contributed by atoms with van der Waals surface area (Å²) in [6.07, 6.45) is 3.17. The van der Waals surface area contributed by atoms with Gasteiger partial charge in [-0.1, -0.05) is 12.1 Å². The highest BCUT2D eigenvalue weighted by Gasteiger charge is 2.67.